The molecule has 1 N–H and O–H groups in total. The number of nitrogens with zero attached hydrogens (tertiary/aromatic N) is 2. The summed E-state index contributed by atoms with van der Waals surface area (Å²) < 4.78 is 39.2. The van der Waals surface area contributed by atoms with Gasteiger partial charge in [0.15, 0.2) is 0 Å². The zero-order valence-corrected chi connectivity index (χ0v) is 17.9. The van der Waals surface area contributed by atoms with Crippen molar-refractivity contribution in [2.75, 3.05) is 38.0 Å². The van der Waals surface area contributed by atoms with Crippen LogP contribution in [0.2, 0.25) is 0 Å². The summed E-state index contributed by atoms with van der Waals surface area (Å²) in [5.41, 5.74) is -1.08. The van der Waals surface area contributed by atoms with Crippen LogP contribution in [0.4, 0.5) is 18.9 Å². The third-order valence-corrected chi connectivity index (χ3v) is 6.33. The van der Waals surface area contributed by atoms with E-state index in [2.05, 4.69) is 5.32 Å². The Morgan fingerprint density at radius 1 is 1.00 bits per heavy atom. The van der Waals surface area contributed by atoms with Crippen LogP contribution in [0.3, 0.4) is 0 Å². The van der Waals surface area contributed by atoms with Gasteiger partial charge in [-0.15, -0.1) is 0 Å². The van der Waals surface area contributed by atoms with Crippen LogP contribution < -0.4 is 5.32 Å². The molecule has 5 nitrogen and oxygen atoms in total. The first-order valence-electron chi connectivity index (χ1n) is 11.3. The van der Waals surface area contributed by atoms with Crippen molar-refractivity contribution >= 4 is 17.5 Å². The molecule has 2 fully saturated rings. The fraction of sp³-hybridized carbons (Fsp3) is 0.652. The first-order valence-corrected chi connectivity index (χ1v) is 11.3. The predicted molar refractivity (Wildman–Crippen MR) is 114 cm³/mol. The van der Waals surface area contributed by atoms with E-state index in [-0.39, 0.29) is 18.1 Å². The van der Waals surface area contributed by atoms with Gasteiger partial charge in [0.1, 0.15) is 0 Å². The lowest BCUT2D eigenvalue weighted by Crippen LogP contribution is -2.50. The number of nitrogens with one attached hydrogen (secondary N) is 1. The highest BCUT2D eigenvalue weighted by molar-refractivity contribution is 5.93. The minimum absolute atomic E-state index is 0.00982. The highest BCUT2D eigenvalue weighted by Gasteiger charge is 2.33. The summed E-state index contributed by atoms with van der Waals surface area (Å²) in [7, 11) is 0. The Morgan fingerprint density at radius 3 is 2.35 bits per heavy atom. The maximum absolute atomic E-state index is 13.1. The summed E-state index contributed by atoms with van der Waals surface area (Å²) in [4.78, 5) is 28.4. The van der Waals surface area contributed by atoms with Crippen LogP contribution in [-0.2, 0) is 15.8 Å². The molecule has 172 valence electrons. The lowest BCUT2D eigenvalue weighted by molar-refractivity contribution is -0.137. The quantitative estimate of drug-likeness (QED) is 0.679. The molecule has 2 aliphatic rings. The molecular formula is C23H32F3N3O2. The number of carbonyl (C=O) groups excluding carboxylic acids is 2. The first-order chi connectivity index (χ1) is 14.8. The number of hydrogen-bond donors (Lipinski definition) is 1. The number of amides is 2. The number of carbonyl (C=O) groups is 2. The van der Waals surface area contributed by atoms with Gasteiger partial charge >= 0.3 is 6.18 Å². The molecule has 1 aliphatic carbocycles. The summed E-state index contributed by atoms with van der Waals surface area (Å²) >= 11 is 0. The van der Waals surface area contributed by atoms with E-state index in [0.29, 0.717) is 32.6 Å². The third kappa shape index (κ3) is 7.23. The number of alkyl halides is 3. The van der Waals surface area contributed by atoms with Crippen LogP contribution in [0.15, 0.2) is 24.3 Å². The molecule has 2 amide bonds. The van der Waals surface area contributed by atoms with Gasteiger partial charge in [-0.3, -0.25) is 14.5 Å². The van der Waals surface area contributed by atoms with E-state index < -0.39 is 17.6 Å². The standard InChI is InChI=1S/C23H32F3N3O2/c24-23(25,26)19-10-4-5-11-20(19)27-21(30)17-28-13-15-29(16-14-28)22(31)12-6-9-18-7-2-1-3-8-18/h4-5,10-11,18H,1-3,6-9,12-17H2,(H,27,30). The van der Waals surface area contributed by atoms with Gasteiger partial charge in [-0.05, 0) is 30.9 Å². The maximum atomic E-state index is 13.1. The molecule has 8 heteroatoms. The molecule has 0 atom stereocenters. The van der Waals surface area contributed by atoms with E-state index in [1.54, 1.807) is 0 Å². The number of piperazine rings is 1. The van der Waals surface area contributed by atoms with Crippen LogP contribution in [0.5, 0.6) is 0 Å². The van der Waals surface area contributed by atoms with E-state index in [0.717, 1.165) is 24.8 Å². The zero-order chi connectivity index (χ0) is 22.3. The van der Waals surface area contributed by atoms with Crippen LogP contribution >= 0.6 is 0 Å². The zero-order valence-electron chi connectivity index (χ0n) is 17.9. The van der Waals surface area contributed by atoms with Crippen molar-refractivity contribution < 1.29 is 22.8 Å². The van der Waals surface area contributed by atoms with Gasteiger partial charge in [0.2, 0.25) is 11.8 Å². The van der Waals surface area contributed by atoms with Crippen molar-refractivity contribution in [1.82, 2.24) is 9.80 Å². The van der Waals surface area contributed by atoms with Crippen molar-refractivity contribution in [2.45, 2.75) is 57.5 Å². The summed E-state index contributed by atoms with van der Waals surface area (Å²) in [5.74, 6) is 0.461. The lowest BCUT2D eigenvalue weighted by Gasteiger charge is -2.34. The fourth-order valence-electron chi connectivity index (χ4n) is 4.56. The van der Waals surface area contributed by atoms with E-state index in [1.807, 2.05) is 9.80 Å². The number of hydrogen-bond acceptors (Lipinski definition) is 3. The Bertz CT molecular complexity index is 740. The number of halogens is 3. The van der Waals surface area contributed by atoms with Crippen LogP contribution in [0.1, 0.15) is 56.9 Å². The molecule has 0 spiro atoms. The molecule has 1 saturated carbocycles. The fourth-order valence-corrected chi connectivity index (χ4v) is 4.56. The maximum Gasteiger partial charge on any atom is 0.418 e. The summed E-state index contributed by atoms with van der Waals surface area (Å²) in [6, 6.07) is 4.96. The molecule has 1 aliphatic heterocycles. The monoisotopic (exact) mass is 439 g/mol. The summed E-state index contributed by atoms with van der Waals surface area (Å²) in [5, 5.41) is 2.38. The van der Waals surface area contributed by atoms with Crippen LogP contribution in [0, 0.1) is 5.92 Å². The molecule has 1 aromatic rings. The van der Waals surface area contributed by atoms with Crippen molar-refractivity contribution in [3.05, 3.63) is 29.8 Å². The molecular weight excluding hydrogens is 407 g/mol. The summed E-state index contributed by atoms with van der Waals surface area (Å²) in [6.07, 6.45) is 4.68. The molecule has 0 bridgehead atoms. The molecule has 1 saturated heterocycles. The second-order valence-corrected chi connectivity index (χ2v) is 8.64. The Kier molecular flexibility index (Phi) is 8.35. The molecule has 0 aromatic heterocycles. The smallest absolute Gasteiger partial charge is 0.340 e. The van der Waals surface area contributed by atoms with Gasteiger partial charge in [-0.2, -0.15) is 13.2 Å². The number of anilines is 1. The Hall–Kier alpha value is -2.09. The van der Waals surface area contributed by atoms with Gasteiger partial charge in [-0.1, -0.05) is 44.2 Å². The molecule has 0 unspecified atom stereocenters. The van der Waals surface area contributed by atoms with E-state index >= 15 is 0 Å². The van der Waals surface area contributed by atoms with Crippen LogP contribution in [-0.4, -0.2) is 54.3 Å². The number of benzene rings is 1. The Labute approximate surface area is 182 Å². The van der Waals surface area contributed by atoms with Crippen molar-refractivity contribution in [3.63, 3.8) is 0 Å². The minimum atomic E-state index is -4.52. The van der Waals surface area contributed by atoms with E-state index in [1.165, 1.54) is 50.3 Å². The minimum Gasteiger partial charge on any atom is -0.340 e. The Balaban J connectivity index is 1.38. The van der Waals surface area contributed by atoms with Crippen molar-refractivity contribution in [1.29, 1.82) is 0 Å². The number of para-hydroxylation sites is 1. The molecule has 31 heavy (non-hydrogen) atoms. The highest BCUT2D eigenvalue weighted by Crippen LogP contribution is 2.34. The topological polar surface area (TPSA) is 52.7 Å². The van der Waals surface area contributed by atoms with Gasteiger partial charge in [0.05, 0.1) is 17.8 Å². The summed E-state index contributed by atoms with van der Waals surface area (Å²) in [6.45, 7) is 2.20. The van der Waals surface area contributed by atoms with Crippen molar-refractivity contribution in [3.8, 4) is 0 Å². The molecule has 1 heterocycles. The second kappa shape index (κ2) is 11.0. The van der Waals surface area contributed by atoms with E-state index in [9.17, 15) is 22.8 Å². The van der Waals surface area contributed by atoms with E-state index in [4.69, 9.17) is 0 Å². The average Bonchev–Trinajstić information content (AvgIpc) is 2.74. The molecule has 1 aromatic carbocycles. The highest BCUT2D eigenvalue weighted by atomic mass is 19.4. The number of rotatable bonds is 7. The second-order valence-electron chi connectivity index (χ2n) is 8.64. The SMILES string of the molecule is O=C(CN1CCN(C(=O)CCCC2CCCCC2)CC1)Nc1ccccc1C(F)(F)F. The van der Waals surface area contributed by atoms with Gasteiger partial charge in [-0.25, -0.2) is 0 Å². The van der Waals surface area contributed by atoms with Crippen LogP contribution in [0.25, 0.3) is 0 Å². The molecule has 0 radical (unpaired) electrons. The third-order valence-electron chi connectivity index (χ3n) is 6.33. The Morgan fingerprint density at radius 2 is 1.68 bits per heavy atom. The lowest BCUT2D eigenvalue weighted by atomic mass is 9.86. The first kappa shape index (κ1) is 23.6. The van der Waals surface area contributed by atoms with Gasteiger partial charge in [0.25, 0.3) is 0 Å². The average molecular weight is 440 g/mol. The van der Waals surface area contributed by atoms with Gasteiger partial charge in [0, 0.05) is 32.6 Å². The normalized spacial score (nSPS) is 18.7. The van der Waals surface area contributed by atoms with Gasteiger partial charge < -0.3 is 10.2 Å². The largest absolute Gasteiger partial charge is 0.418 e. The predicted octanol–water partition coefficient (Wildman–Crippen LogP) is 4.54. The molecule has 3 rings (SSSR count). The van der Waals surface area contributed by atoms with Crippen molar-refractivity contribution in [2.24, 2.45) is 5.92 Å².